The molecule has 5 heterocycles. The fraction of sp³-hybridized carbons (Fsp3) is 0.0769. The van der Waals surface area contributed by atoms with E-state index in [1.165, 1.54) is 30.7 Å². The fourth-order valence-corrected chi connectivity index (χ4v) is 4.10. The normalized spacial score (nSPS) is 11.3. The van der Waals surface area contributed by atoms with Crippen molar-refractivity contribution in [3.8, 4) is 33.9 Å². The fourth-order valence-electron chi connectivity index (χ4n) is 4.10. The van der Waals surface area contributed by atoms with E-state index in [1.54, 1.807) is 37.4 Å². The van der Waals surface area contributed by atoms with Gasteiger partial charge in [0.05, 0.1) is 28.5 Å². The number of hydrogen-bond acceptors (Lipinski definition) is 6. The first kappa shape index (κ1) is 22.4. The summed E-state index contributed by atoms with van der Waals surface area (Å²) in [6.07, 6.45) is 6.28. The minimum absolute atomic E-state index is 0.149. The van der Waals surface area contributed by atoms with Gasteiger partial charge in [0.2, 0.25) is 5.91 Å². The molecule has 1 aromatic carbocycles. The number of nitrogens with one attached hydrogen (secondary N) is 3. The summed E-state index contributed by atoms with van der Waals surface area (Å²) in [5.74, 6) is -0.750. The van der Waals surface area contributed by atoms with Crippen molar-refractivity contribution < 1.29 is 13.6 Å². The zero-order chi connectivity index (χ0) is 25.5. The molecule has 0 bridgehead atoms. The van der Waals surface area contributed by atoms with Gasteiger partial charge in [-0.25, -0.2) is 18.7 Å². The van der Waals surface area contributed by atoms with Crippen LogP contribution < -0.4 is 5.32 Å². The second kappa shape index (κ2) is 8.86. The summed E-state index contributed by atoms with van der Waals surface area (Å²) >= 11 is 0. The van der Waals surface area contributed by atoms with Crippen LogP contribution in [0.3, 0.4) is 0 Å². The first-order valence-electron chi connectivity index (χ1n) is 11.4. The van der Waals surface area contributed by atoms with Gasteiger partial charge in [0, 0.05) is 41.7 Å². The van der Waals surface area contributed by atoms with Gasteiger partial charge in [0.1, 0.15) is 22.8 Å². The van der Waals surface area contributed by atoms with Crippen LogP contribution in [-0.2, 0) is 4.79 Å². The van der Waals surface area contributed by atoms with Crippen LogP contribution >= 0.6 is 0 Å². The lowest BCUT2D eigenvalue weighted by Gasteiger charge is -2.07. The second-order valence-electron chi connectivity index (χ2n) is 8.30. The van der Waals surface area contributed by atoms with Crippen LogP contribution in [0, 0.1) is 11.6 Å². The molecule has 3 N–H and O–H groups in total. The number of imidazole rings is 1. The third-order valence-electron chi connectivity index (χ3n) is 5.93. The topological polar surface area (TPSA) is 125 Å². The van der Waals surface area contributed by atoms with Gasteiger partial charge in [-0.1, -0.05) is 6.92 Å². The van der Waals surface area contributed by atoms with Crippen LogP contribution in [-0.4, -0.2) is 41.0 Å². The molecule has 37 heavy (non-hydrogen) atoms. The first-order valence-corrected chi connectivity index (χ1v) is 11.4. The molecule has 0 atom stereocenters. The summed E-state index contributed by atoms with van der Waals surface area (Å²) in [5.41, 5.74) is 4.04. The van der Waals surface area contributed by atoms with Gasteiger partial charge < -0.3 is 10.3 Å². The predicted octanol–water partition coefficient (Wildman–Crippen LogP) is 5.25. The number of aromatic nitrogens is 7. The Balaban J connectivity index is 1.46. The summed E-state index contributed by atoms with van der Waals surface area (Å²) in [6, 6.07) is 9.33. The van der Waals surface area contributed by atoms with E-state index in [2.05, 4.69) is 40.4 Å². The molecule has 6 rings (SSSR count). The van der Waals surface area contributed by atoms with Gasteiger partial charge in [0.25, 0.3) is 0 Å². The van der Waals surface area contributed by atoms with Gasteiger partial charge >= 0.3 is 0 Å². The number of rotatable bonds is 5. The van der Waals surface area contributed by atoms with Crippen LogP contribution in [0.1, 0.15) is 13.3 Å². The Bertz CT molecular complexity index is 1790. The standard InChI is InChI=1S/C26H18F2N8O/c1-2-19(37)32-16-9-14(10-29-11-16)17-12-31-25-20(21(17)28)24(35-36-25)26-33-18-7-8-30-22(23(18)34-26)13-3-5-15(27)6-4-13/h3-12H,2H2,1H3,(H,32,37)(H,33,34)(H,31,35,36). The maximum atomic E-state index is 15.9. The average Bonchev–Trinajstić information content (AvgIpc) is 3.54. The van der Waals surface area contributed by atoms with Crippen molar-refractivity contribution in [2.24, 2.45) is 0 Å². The first-order chi connectivity index (χ1) is 18.0. The maximum Gasteiger partial charge on any atom is 0.224 e. The van der Waals surface area contributed by atoms with Crippen LogP contribution in [0.2, 0.25) is 0 Å². The third kappa shape index (κ3) is 3.96. The lowest BCUT2D eigenvalue weighted by Crippen LogP contribution is -2.09. The van der Waals surface area contributed by atoms with Gasteiger partial charge in [0.15, 0.2) is 11.5 Å². The number of hydrogen-bond donors (Lipinski definition) is 3. The predicted molar refractivity (Wildman–Crippen MR) is 134 cm³/mol. The summed E-state index contributed by atoms with van der Waals surface area (Å²) in [5, 5.41) is 9.86. The SMILES string of the molecule is CCC(=O)Nc1cncc(-c2cnc3n[nH]c(-c4nc5c(-c6ccc(F)cc6)nccc5[nH]4)c3c2F)c1. The highest BCUT2D eigenvalue weighted by molar-refractivity contribution is 5.97. The van der Waals surface area contributed by atoms with Crippen LogP contribution in [0.15, 0.2) is 61.2 Å². The van der Waals surface area contributed by atoms with Crippen molar-refractivity contribution in [2.75, 3.05) is 5.32 Å². The van der Waals surface area contributed by atoms with Gasteiger partial charge in [-0.2, -0.15) is 5.10 Å². The molecule has 11 heteroatoms. The number of fused-ring (bicyclic) bond motifs is 2. The molecule has 9 nitrogen and oxygen atoms in total. The van der Waals surface area contributed by atoms with Crippen LogP contribution in [0.5, 0.6) is 0 Å². The lowest BCUT2D eigenvalue weighted by molar-refractivity contribution is -0.115. The van der Waals surface area contributed by atoms with Crippen molar-refractivity contribution in [1.29, 1.82) is 0 Å². The molecule has 0 aliphatic heterocycles. The smallest absolute Gasteiger partial charge is 0.224 e. The Hall–Kier alpha value is -5.06. The summed E-state index contributed by atoms with van der Waals surface area (Å²) in [7, 11) is 0. The lowest BCUT2D eigenvalue weighted by atomic mass is 10.1. The average molecular weight is 496 g/mol. The number of pyridine rings is 3. The molecule has 5 aromatic heterocycles. The number of H-pyrrole nitrogens is 2. The van der Waals surface area contributed by atoms with E-state index in [-0.39, 0.29) is 28.3 Å². The monoisotopic (exact) mass is 496 g/mol. The second-order valence-corrected chi connectivity index (χ2v) is 8.30. The van der Waals surface area contributed by atoms with Crippen molar-refractivity contribution in [2.45, 2.75) is 13.3 Å². The highest BCUT2D eigenvalue weighted by Gasteiger charge is 2.21. The number of nitrogens with zero attached hydrogens (tertiary/aromatic N) is 5. The van der Waals surface area contributed by atoms with Crippen molar-refractivity contribution in [3.63, 3.8) is 0 Å². The molecular weight excluding hydrogens is 478 g/mol. The Kier molecular flexibility index (Phi) is 5.37. The number of anilines is 1. The Morgan fingerprint density at radius 1 is 1.03 bits per heavy atom. The van der Waals surface area contributed by atoms with Crippen LogP contribution in [0.4, 0.5) is 14.5 Å². The zero-order valence-electron chi connectivity index (χ0n) is 19.4. The molecule has 0 spiro atoms. The molecule has 6 aromatic rings. The van der Waals surface area contributed by atoms with E-state index >= 15 is 4.39 Å². The number of halogens is 2. The van der Waals surface area contributed by atoms with Gasteiger partial charge in [-0.05, 0) is 36.4 Å². The maximum absolute atomic E-state index is 15.9. The number of carbonyl (C=O) groups is 1. The molecule has 182 valence electrons. The molecule has 0 saturated heterocycles. The number of amides is 1. The van der Waals surface area contributed by atoms with E-state index in [0.29, 0.717) is 51.5 Å². The van der Waals surface area contributed by atoms with E-state index in [9.17, 15) is 9.18 Å². The zero-order valence-corrected chi connectivity index (χ0v) is 19.4. The minimum atomic E-state index is -0.563. The quantitative estimate of drug-likeness (QED) is 0.299. The molecule has 0 unspecified atom stereocenters. The summed E-state index contributed by atoms with van der Waals surface area (Å²) in [6.45, 7) is 1.74. The molecule has 0 fully saturated rings. The van der Waals surface area contributed by atoms with E-state index < -0.39 is 5.82 Å². The van der Waals surface area contributed by atoms with Crippen LogP contribution in [0.25, 0.3) is 56.0 Å². The summed E-state index contributed by atoms with van der Waals surface area (Å²) < 4.78 is 29.4. The Labute approximate surface area is 208 Å². The molecule has 0 saturated carbocycles. The number of benzene rings is 1. The summed E-state index contributed by atoms with van der Waals surface area (Å²) in [4.78, 5) is 32.5. The van der Waals surface area contributed by atoms with E-state index in [4.69, 9.17) is 0 Å². The van der Waals surface area contributed by atoms with E-state index in [0.717, 1.165) is 0 Å². The molecule has 0 aliphatic rings. The molecular formula is C26H18F2N8O. The molecule has 0 aliphatic carbocycles. The van der Waals surface area contributed by atoms with Crippen molar-refractivity contribution >= 4 is 33.7 Å². The molecule has 1 amide bonds. The largest absolute Gasteiger partial charge is 0.337 e. The highest BCUT2D eigenvalue weighted by atomic mass is 19.1. The number of aromatic amines is 2. The Morgan fingerprint density at radius 2 is 1.86 bits per heavy atom. The van der Waals surface area contributed by atoms with E-state index in [1.807, 2.05) is 0 Å². The minimum Gasteiger partial charge on any atom is -0.337 e. The molecule has 0 radical (unpaired) electrons. The third-order valence-corrected chi connectivity index (χ3v) is 5.93. The van der Waals surface area contributed by atoms with Crippen molar-refractivity contribution in [1.82, 2.24) is 35.1 Å². The van der Waals surface area contributed by atoms with Crippen molar-refractivity contribution in [3.05, 3.63) is 72.8 Å². The highest BCUT2D eigenvalue weighted by Crippen LogP contribution is 2.34. The number of carbonyl (C=O) groups excluding carboxylic acids is 1. The Morgan fingerprint density at radius 3 is 2.68 bits per heavy atom. The van der Waals surface area contributed by atoms with Gasteiger partial charge in [-0.3, -0.25) is 19.9 Å². The van der Waals surface area contributed by atoms with Gasteiger partial charge in [-0.15, -0.1) is 0 Å².